The first-order valence-electron chi connectivity index (χ1n) is 13.2. The molecule has 1 aromatic carbocycles. The number of rotatable bonds is 10. The molecule has 0 fully saturated rings. The largest absolute Gasteiger partial charge is 0.465 e. The molecule has 0 aliphatic carbocycles. The van der Waals surface area contributed by atoms with Crippen molar-refractivity contribution in [2.24, 2.45) is 0 Å². The summed E-state index contributed by atoms with van der Waals surface area (Å²) in [5.41, 5.74) is 4.33. The maximum Gasteiger partial charge on any atom is 0.343 e. The Morgan fingerprint density at radius 3 is 2.65 bits per heavy atom. The zero-order chi connectivity index (χ0) is 28.2. The number of tetrazole rings is 1. The molecule has 0 saturated heterocycles. The standard InChI is InChI=1S/C28H31N9O3/c1-5-6-10-23-17-36(26-24(27(38)40-4)15-30-37(26)18(2)3)28(39)35(23)16-22-14-20(11-12-29-22)19-8-7-9-21(13-19)25-31-33-34-32-25/h7-9,11-15,17-18H,5-6,10,16H2,1-4H3,(H,31,32,33,34). The molecule has 5 aromatic rings. The highest BCUT2D eigenvalue weighted by Crippen LogP contribution is 2.25. The Balaban J connectivity index is 1.55. The number of methoxy groups -OCH3 is 1. The Labute approximate surface area is 230 Å². The van der Waals surface area contributed by atoms with Gasteiger partial charge in [0.15, 0.2) is 11.6 Å². The van der Waals surface area contributed by atoms with E-state index in [-0.39, 0.29) is 23.8 Å². The third-order valence-electron chi connectivity index (χ3n) is 6.69. The van der Waals surface area contributed by atoms with E-state index in [1.165, 1.54) is 17.9 Å². The van der Waals surface area contributed by atoms with Crippen LogP contribution in [0.3, 0.4) is 0 Å². The van der Waals surface area contributed by atoms with Crippen LogP contribution < -0.4 is 5.69 Å². The van der Waals surface area contributed by atoms with Crippen LogP contribution in [0.5, 0.6) is 0 Å². The summed E-state index contributed by atoms with van der Waals surface area (Å²) < 4.78 is 9.87. The minimum Gasteiger partial charge on any atom is -0.465 e. The second kappa shape index (κ2) is 11.5. The van der Waals surface area contributed by atoms with Gasteiger partial charge in [0.25, 0.3) is 0 Å². The quantitative estimate of drug-likeness (QED) is 0.263. The van der Waals surface area contributed by atoms with Gasteiger partial charge in [0.2, 0.25) is 0 Å². The fourth-order valence-corrected chi connectivity index (χ4v) is 4.67. The van der Waals surface area contributed by atoms with Crippen LogP contribution in [0.1, 0.15) is 61.4 Å². The summed E-state index contributed by atoms with van der Waals surface area (Å²) in [4.78, 5) is 31.0. The molecule has 206 valence electrons. The summed E-state index contributed by atoms with van der Waals surface area (Å²) in [6.07, 6.45) is 7.58. The Morgan fingerprint density at radius 1 is 1.12 bits per heavy atom. The van der Waals surface area contributed by atoms with E-state index in [9.17, 15) is 9.59 Å². The van der Waals surface area contributed by atoms with Gasteiger partial charge in [-0.3, -0.25) is 14.1 Å². The molecule has 1 N–H and O–H groups in total. The average molecular weight is 542 g/mol. The van der Waals surface area contributed by atoms with E-state index in [1.807, 2.05) is 50.2 Å². The van der Waals surface area contributed by atoms with Crippen LogP contribution >= 0.6 is 0 Å². The molecule has 12 nitrogen and oxygen atoms in total. The van der Waals surface area contributed by atoms with Crippen LogP contribution in [0.2, 0.25) is 0 Å². The fourth-order valence-electron chi connectivity index (χ4n) is 4.67. The lowest BCUT2D eigenvalue weighted by Gasteiger charge is -2.12. The number of nitrogens with one attached hydrogen (secondary N) is 1. The molecule has 0 amide bonds. The molecule has 0 unspecified atom stereocenters. The number of H-pyrrole nitrogens is 1. The smallest absolute Gasteiger partial charge is 0.343 e. The summed E-state index contributed by atoms with van der Waals surface area (Å²) in [6, 6.07) is 11.7. The minimum atomic E-state index is -0.547. The maximum atomic E-state index is 13.9. The molecule has 12 heteroatoms. The number of carbonyl (C=O) groups is 1. The van der Waals surface area contributed by atoms with Gasteiger partial charge in [-0.05, 0) is 66.4 Å². The van der Waals surface area contributed by atoms with Crippen molar-refractivity contribution in [3.8, 4) is 28.3 Å². The minimum absolute atomic E-state index is 0.0791. The van der Waals surface area contributed by atoms with E-state index < -0.39 is 5.97 Å². The van der Waals surface area contributed by atoms with Gasteiger partial charge in [-0.2, -0.15) is 5.10 Å². The number of aryl methyl sites for hydroxylation is 1. The van der Waals surface area contributed by atoms with E-state index in [0.717, 1.165) is 40.9 Å². The monoisotopic (exact) mass is 541 g/mol. The van der Waals surface area contributed by atoms with E-state index in [1.54, 1.807) is 21.6 Å². The first kappa shape index (κ1) is 26.7. The molecule has 0 saturated carbocycles. The van der Waals surface area contributed by atoms with Crippen molar-refractivity contribution in [3.05, 3.63) is 82.4 Å². The van der Waals surface area contributed by atoms with Crippen molar-refractivity contribution >= 4 is 5.97 Å². The first-order chi connectivity index (χ1) is 19.4. The first-order valence-corrected chi connectivity index (χ1v) is 13.2. The molecular weight excluding hydrogens is 510 g/mol. The predicted molar refractivity (Wildman–Crippen MR) is 148 cm³/mol. The van der Waals surface area contributed by atoms with Crippen molar-refractivity contribution in [1.29, 1.82) is 0 Å². The second-order valence-corrected chi connectivity index (χ2v) is 9.74. The number of hydrogen-bond acceptors (Lipinski definition) is 8. The molecule has 4 heterocycles. The van der Waals surface area contributed by atoms with Crippen molar-refractivity contribution in [2.45, 2.75) is 52.6 Å². The number of aromatic nitrogens is 9. The lowest BCUT2D eigenvalue weighted by molar-refractivity contribution is 0.0600. The Hall–Kier alpha value is -4.87. The van der Waals surface area contributed by atoms with Crippen LogP contribution in [0.4, 0.5) is 0 Å². The highest BCUT2D eigenvalue weighted by atomic mass is 16.5. The van der Waals surface area contributed by atoms with E-state index in [4.69, 9.17) is 4.74 Å². The number of hydrogen-bond donors (Lipinski definition) is 1. The van der Waals surface area contributed by atoms with Gasteiger partial charge in [-0.1, -0.05) is 31.5 Å². The van der Waals surface area contributed by atoms with Gasteiger partial charge >= 0.3 is 11.7 Å². The highest BCUT2D eigenvalue weighted by molar-refractivity contribution is 5.92. The maximum absolute atomic E-state index is 13.9. The lowest BCUT2D eigenvalue weighted by Crippen LogP contribution is -2.28. The lowest BCUT2D eigenvalue weighted by atomic mass is 10.0. The zero-order valence-electron chi connectivity index (χ0n) is 22.9. The Kier molecular flexibility index (Phi) is 7.67. The van der Waals surface area contributed by atoms with E-state index in [0.29, 0.717) is 18.1 Å². The number of pyridine rings is 1. The van der Waals surface area contributed by atoms with Crippen LogP contribution in [-0.4, -0.2) is 57.6 Å². The topological polar surface area (TPSA) is 138 Å². The molecule has 0 spiro atoms. The van der Waals surface area contributed by atoms with Gasteiger partial charge in [0.1, 0.15) is 5.56 Å². The van der Waals surface area contributed by atoms with Crippen LogP contribution in [0.25, 0.3) is 28.3 Å². The van der Waals surface area contributed by atoms with Crippen LogP contribution in [0, 0.1) is 0 Å². The molecular formula is C28H31N9O3. The number of imidazole rings is 1. The molecule has 0 aliphatic rings. The predicted octanol–water partition coefficient (Wildman–Crippen LogP) is 3.84. The van der Waals surface area contributed by atoms with E-state index >= 15 is 0 Å². The van der Waals surface area contributed by atoms with Crippen molar-refractivity contribution in [1.82, 2.24) is 44.5 Å². The number of nitrogens with zero attached hydrogens (tertiary/aromatic N) is 8. The summed E-state index contributed by atoms with van der Waals surface area (Å²) in [6.45, 7) is 6.27. The summed E-state index contributed by atoms with van der Waals surface area (Å²) in [7, 11) is 1.32. The summed E-state index contributed by atoms with van der Waals surface area (Å²) >= 11 is 0. The molecule has 40 heavy (non-hydrogen) atoms. The van der Waals surface area contributed by atoms with Gasteiger partial charge in [0.05, 0.1) is 25.5 Å². The average Bonchev–Trinajstić information content (AvgIpc) is 3.72. The number of benzene rings is 1. The molecule has 0 aliphatic heterocycles. The SMILES string of the molecule is CCCCc1cn(-c2c(C(=O)OC)cnn2C(C)C)c(=O)n1Cc1cc(-c2cccc(-c3nnn[nH]3)c2)ccn1. The molecule has 4 aromatic heterocycles. The number of esters is 1. The normalized spacial score (nSPS) is 11.3. The third kappa shape index (κ3) is 5.20. The van der Waals surface area contributed by atoms with Gasteiger partial charge < -0.3 is 4.74 Å². The molecule has 5 rings (SSSR count). The number of aromatic amines is 1. The number of ether oxygens (including phenoxy) is 1. The number of carbonyl (C=O) groups excluding carboxylic acids is 1. The molecule has 0 bridgehead atoms. The second-order valence-electron chi connectivity index (χ2n) is 9.74. The van der Waals surface area contributed by atoms with Gasteiger partial charge in [-0.25, -0.2) is 19.4 Å². The third-order valence-corrected chi connectivity index (χ3v) is 6.69. The van der Waals surface area contributed by atoms with Crippen molar-refractivity contribution in [3.63, 3.8) is 0 Å². The summed E-state index contributed by atoms with van der Waals surface area (Å²) in [5, 5.41) is 18.5. The molecule has 0 radical (unpaired) electrons. The van der Waals surface area contributed by atoms with Gasteiger partial charge in [0, 0.05) is 29.7 Å². The van der Waals surface area contributed by atoms with Crippen LogP contribution in [-0.2, 0) is 17.7 Å². The Bertz CT molecular complexity index is 1680. The van der Waals surface area contributed by atoms with E-state index in [2.05, 4.69) is 37.6 Å². The van der Waals surface area contributed by atoms with Crippen molar-refractivity contribution < 1.29 is 9.53 Å². The van der Waals surface area contributed by atoms with Crippen molar-refractivity contribution in [2.75, 3.05) is 7.11 Å². The zero-order valence-corrected chi connectivity index (χ0v) is 22.9. The highest BCUT2D eigenvalue weighted by Gasteiger charge is 2.25. The molecule has 0 atom stereocenters. The Morgan fingerprint density at radius 2 is 1.93 bits per heavy atom. The fraction of sp³-hybridized carbons (Fsp3) is 0.321. The number of unbranched alkanes of at least 4 members (excludes halogenated alkanes) is 1. The summed E-state index contributed by atoms with van der Waals surface area (Å²) in [5.74, 6) is 0.426. The van der Waals surface area contributed by atoms with Crippen LogP contribution in [0.15, 0.2) is 59.8 Å². The van der Waals surface area contributed by atoms with Gasteiger partial charge in [-0.15, -0.1) is 5.10 Å².